The first-order valence-electron chi connectivity index (χ1n) is 8.91. The number of aryl methyl sites for hydroxylation is 1. The molecule has 0 amide bonds. The molecular formula is C21H27NOS. The molecule has 0 atom stereocenters. The molecule has 128 valence electrons. The molecule has 0 aliphatic rings. The molecule has 0 saturated carbocycles. The maximum atomic E-state index is 5.87. The van der Waals surface area contributed by atoms with E-state index in [1.807, 2.05) is 42.5 Å². The summed E-state index contributed by atoms with van der Waals surface area (Å²) in [6.45, 7) is 2.25. The first-order valence-corrected chi connectivity index (χ1v) is 9.32. The van der Waals surface area contributed by atoms with Crippen LogP contribution >= 0.6 is 12.2 Å². The van der Waals surface area contributed by atoms with Gasteiger partial charge >= 0.3 is 0 Å². The second-order valence-electron chi connectivity index (χ2n) is 6.01. The quantitative estimate of drug-likeness (QED) is 0.423. The highest BCUT2D eigenvalue weighted by molar-refractivity contribution is 7.80. The molecule has 0 aromatic heterocycles. The highest BCUT2D eigenvalue weighted by atomic mass is 32.1. The number of ether oxygens (including phenoxy) is 1. The molecule has 0 aliphatic heterocycles. The Balaban J connectivity index is 1.83. The van der Waals surface area contributed by atoms with Crippen molar-refractivity contribution in [1.29, 1.82) is 0 Å². The van der Waals surface area contributed by atoms with Crippen LogP contribution in [0.2, 0.25) is 0 Å². The Morgan fingerprint density at radius 1 is 0.875 bits per heavy atom. The van der Waals surface area contributed by atoms with Gasteiger partial charge < -0.3 is 10.1 Å². The van der Waals surface area contributed by atoms with Gasteiger partial charge in [-0.1, -0.05) is 75.4 Å². The lowest BCUT2D eigenvalue weighted by Gasteiger charge is -2.13. The van der Waals surface area contributed by atoms with Gasteiger partial charge in [0.1, 0.15) is 5.75 Å². The fourth-order valence-electron chi connectivity index (χ4n) is 2.67. The predicted octanol–water partition coefficient (Wildman–Crippen LogP) is 6.37. The summed E-state index contributed by atoms with van der Waals surface area (Å²) >= 11 is 5.33. The van der Waals surface area contributed by atoms with Gasteiger partial charge in [0.2, 0.25) is 0 Å². The van der Waals surface area contributed by atoms with E-state index in [0.29, 0.717) is 5.17 Å². The average molecular weight is 342 g/mol. The van der Waals surface area contributed by atoms with E-state index in [2.05, 4.69) is 24.4 Å². The van der Waals surface area contributed by atoms with Crippen molar-refractivity contribution in [3.8, 4) is 5.75 Å². The van der Waals surface area contributed by atoms with Crippen molar-refractivity contribution in [2.75, 3.05) is 5.32 Å². The SMILES string of the molecule is CCCCCCCCc1ccccc1OC(=S)Nc1ccccc1. The lowest BCUT2D eigenvalue weighted by Crippen LogP contribution is -2.17. The molecule has 0 radical (unpaired) electrons. The minimum Gasteiger partial charge on any atom is -0.431 e. The van der Waals surface area contributed by atoms with E-state index in [-0.39, 0.29) is 0 Å². The van der Waals surface area contributed by atoms with Gasteiger partial charge in [0.15, 0.2) is 0 Å². The van der Waals surface area contributed by atoms with Gasteiger partial charge in [0.25, 0.3) is 5.17 Å². The van der Waals surface area contributed by atoms with Gasteiger partial charge in [0.05, 0.1) is 0 Å². The van der Waals surface area contributed by atoms with Crippen molar-refractivity contribution in [3.63, 3.8) is 0 Å². The van der Waals surface area contributed by atoms with Crippen LogP contribution in [0.25, 0.3) is 0 Å². The Morgan fingerprint density at radius 2 is 1.54 bits per heavy atom. The Kier molecular flexibility index (Phi) is 8.33. The molecular weight excluding hydrogens is 314 g/mol. The van der Waals surface area contributed by atoms with Gasteiger partial charge in [-0.2, -0.15) is 0 Å². The number of nitrogens with one attached hydrogen (secondary N) is 1. The summed E-state index contributed by atoms with van der Waals surface area (Å²) in [6.07, 6.45) is 8.83. The lowest BCUT2D eigenvalue weighted by molar-refractivity contribution is 0.547. The third kappa shape index (κ3) is 6.71. The van der Waals surface area contributed by atoms with Gasteiger partial charge in [-0.25, -0.2) is 0 Å². The van der Waals surface area contributed by atoms with Gasteiger partial charge in [-0.3, -0.25) is 0 Å². The summed E-state index contributed by atoms with van der Waals surface area (Å²) in [5, 5.41) is 3.50. The van der Waals surface area contributed by atoms with E-state index in [0.717, 1.165) is 17.9 Å². The van der Waals surface area contributed by atoms with Crippen molar-refractivity contribution in [3.05, 3.63) is 60.2 Å². The molecule has 2 nitrogen and oxygen atoms in total. The van der Waals surface area contributed by atoms with Crippen molar-refractivity contribution in [1.82, 2.24) is 0 Å². The average Bonchev–Trinajstić information content (AvgIpc) is 2.60. The summed E-state index contributed by atoms with van der Waals surface area (Å²) in [6, 6.07) is 18.0. The third-order valence-electron chi connectivity index (χ3n) is 4.00. The highest BCUT2D eigenvalue weighted by Crippen LogP contribution is 2.21. The molecule has 24 heavy (non-hydrogen) atoms. The molecule has 0 aliphatic carbocycles. The summed E-state index contributed by atoms with van der Waals surface area (Å²) in [5.41, 5.74) is 2.17. The molecule has 2 aromatic carbocycles. The predicted molar refractivity (Wildman–Crippen MR) is 107 cm³/mol. The van der Waals surface area contributed by atoms with Crippen molar-refractivity contribution in [2.45, 2.75) is 51.9 Å². The molecule has 2 aromatic rings. The zero-order chi connectivity index (χ0) is 17.0. The van der Waals surface area contributed by atoms with Crippen molar-refractivity contribution in [2.24, 2.45) is 0 Å². The van der Waals surface area contributed by atoms with Crippen LogP contribution < -0.4 is 10.1 Å². The largest absolute Gasteiger partial charge is 0.431 e. The highest BCUT2D eigenvalue weighted by Gasteiger charge is 2.06. The third-order valence-corrected chi connectivity index (χ3v) is 4.18. The van der Waals surface area contributed by atoms with Crippen LogP contribution in [-0.2, 0) is 6.42 Å². The van der Waals surface area contributed by atoms with Crippen LogP contribution in [0.3, 0.4) is 0 Å². The van der Waals surface area contributed by atoms with Crippen LogP contribution in [0.5, 0.6) is 5.75 Å². The molecule has 0 saturated heterocycles. The Labute approximate surface area is 151 Å². The summed E-state index contributed by atoms with van der Waals surface area (Å²) < 4.78 is 5.87. The van der Waals surface area contributed by atoms with Gasteiger partial charge in [0, 0.05) is 5.69 Å². The van der Waals surface area contributed by atoms with Crippen LogP contribution in [0.4, 0.5) is 5.69 Å². The molecule has 0 spiro atoms. The molecule has 0 fully saturated rings. The van der Waals surface area contributed by atoms with Crippen LogP contribution in [0.1, 0.15) is 51.0 Å². The van der Waals surface area contributed by atoms with E-state index >= 15 is 0 Å². The molecule has 1 N–H and O–H groups in total. The first kappa shape index (κ1) is 18.5. The number of thiocarbonyl (C=S) groups is 1. The molecule has 2 rings (SSSR count). The standard InChI is InChI=1S/C21H27NOS/c1-2-3-4-5-6-8-13-18-14-11-12-17-20(18)23-21(24)22-19-15-9-7-10-16-19/h7,9-12,14-17H,2-6,8,13H2,1H3,(H,22,24). The Hall–Kier alpha value is -1.87. The summed E-state index contributed by atoms with van der Waals surface area (Å²) in [5.74, 6) is 0.861. The van der Waals surface area contributed by atoms with E-state index in [4.69, 9.17) is 17.0 Å². The molecule has 3 heteroatoms. The first-order chi connectivity index (χ1) is 11.8. The molecule has 0 heterocycles. The van der Waals surface area contributed by atoms with Crippen molar-refractivity contribution >= 4 is 23.1 Å². The Morgan fingerprint density at radius 3 is 2.33 bits per heavy atom. The topological polar surface area (TPSA) is 21.3 Å². The Bertz CT molecular complexity index is 612. The second-order valence-corrected chi connectivity index (χ2v) is 6.38. The summed E-state index contributed by atoms with van der Waals surface area (Å²) in [7, 11) is 0. The maximum absolute atomic E-state index is 5.87. The van der Waals surface area contributed by atoms with Crippen LogP contribution in [-0.4, -0.2) is 5.17 Å². The lowest BCUT2D eigenvalue weighted by atomic mass is 10.0. The number of rotatable bonds is 9. The molecule has 0 unspecified atom stereocenters. The number of unbranched alkanes of at least 4 members (excludes halogenated alkanes) is 5. The fourth-order valence-corrected chi connectivity index (χ4v) is 2.88. The van der Waals surface area contributed by atoms with Gasteiger partial charge in [-0.15, -0.1) is 0 Å². The smallest absolute Gasteiger partial charge is 0.266 e. The second kappa shape index (κ2) is 10.8. The number of para-hydroxylation sites is 2. The minimum atomic E-state index is 0.386. The summed E-state index contributed by atoms with van der Waals surface area (Å²) in [4.78, 5) is 0. The number of hydrogen-bond donors (Lipinski definition) is 1. The number of hydrogen-bond acceptors (Lipinski definition) is 2. The number of anilines is 1. The van der Waals surface area contributed by atoms with Crippen LogP contribution in [0.15, 0.2) is 54.6 Å². The van der Waals surface area contributed by atoms with E-state index in [1.165, 1.54) is 44.1 Å². The van der Waals surface area contributed by atoms with E-state index in [9.17, 15) is 0 Å². The van der Waals surface area contributed by atoms with E-state index in [1.54, 1.807) is 0 Å². The zero-order valence-corrected chi connectivity index (χ0v) is 15.3. The van der Waals surface area contributed by atoms with E-state index < -0.39 is 0 Å². The maximum Gasteiger partial charge on any atom is 0.266 e. The van der Waals surface area contributed by atoms with Crippen molar-refractivity contribution < 1.29 is 4.74 Å². The monoisotopic (exact) mass is 341 g/mol. The normalized spacial score (nSPS) is 10.4. The number of benzene rings is 2. The molecule has 0 bridgehead atoms. The van der Waals surface area contributed by atoms with Crippen LogP contribution in [0, 0.1) is 0 Å². The zero-order valence-electron chi connectivity index (χ0n) is 14.5. The fraction of sp³-hybridized carbons (Fsp3) is 0.381. The van der Waals surface area contributed by atoms with Gasteiger partial charge in [-0.05, 0) is 48.8 Å². The minimum absolute atomic E-state index is 0.386.